The minimum Gasteiger partial charge on any atom is -0.507 e. The van der Waals surface area contributed by atoms with Crippen molar-refractivity contribution < 1.29 is 15.0 Å². The van der Waals surface area contributed by atoms with E-state index < -0.39 is 6.09 Å². The maximum atomic E-state index is 11.6. The van der Waals surface area contributed by atoms with Gasteiger partial charge in [0.05, 0.1) is 0 Å². The Labute approximate surface area is 133 Å². The molecule has 22 heavy (non-hydrogen) atoms. The minimum atomic E-state index is -0.966. The van der Waals surface area contributed by atoms with E-state index >= 15 is 0 Å². The van der Waals surface area contributed by atoms with Gasteiger partial charge in [0.1, 0.15) is 5.75 Å². The predicted octanol–water partition coefficient (Wildman–Crippen LogP) is 4.88. The molecule has 1 amide bonds. The zero-order chi connectivity index (χ0) is 17.3. The van der Waals surface area contributed by atoms with Gasteiger partial charge in [0.2, 0.25) is 0 Å². The molecule has 1 rings (SSSR count). The molecule has 0 unspecified atom stereocenters. The summed E-state index contributed by atoms with van der Waals surface area (Å²) in [5, 5.41) is 20.1. The molecule has 0 saturated carbocycles. The first-order chi connectivity index (χ1) is 9.89. The van der Waals surface area contributed by atoms with Crippen molar-refractivity contribution in [2.24, 2.45) is 0 Å². The number of anilines is 1. The van der Waals surface area contributed by atoms with Gasteiger partial charge in [-0.25, -0.2) is 4.79 Å². The van der Waals surface area contributed by atoms with Gasteiger partial charge in [-0.3, -0.25) is 4.90 Å². The number of carboxylic acid groups (broad SMARTS) is 1. The molecule has 1 aromatic rings. The van der Waals surface area contributed by atoms with Gasteiger partial charge in [0.25, 0.3) is 0 Å². The number of rotatable bonds is 3. The molecule has 0 aliphatic rings. The van der Waals surface area contributed by atoms with E-state index in [1.807, 2.05) is 48.5 Å². The summed E-state index contributed by atoms with van der Waals surface area (Å²) >= 11 is 0. The number of nitrogens with zero attached hydrogens (tertiary/aromatic N) is 1. The molecular formula is C18H29NO3. The summed E-state index contributed by atoms with van der Waals surface area (Å²) in [7, 11) is 0. The third-order valence-electron chi connectivity index (χ3n) is 3.70. The Kier molecular flexibility index (Phi) is 5.16. The fourth-order valence-corrected chi connectivity index (χ4v) is 2.48. The maximum Gasteiger partial charge on any atom is 0.411 e. The Bertz CT molecular complexity index is 515. The third-order valence-corrected chi connectivity index (χ3v) is 3.70. The van der Waals surface area contributed by atoms with Crippen LogP contribution in [0.4, 0.5) is 10.5 Å². The normalized spacial score (nSPS) is 12.3. The molecule has 0 fully saturated rings. The molecule has 1 aromatic carbocycles. The second-order valence-electron chi connectivity index (χ2n) is 7.82. The molecule has 0 bridgehead atoms. The van der Waals surface area contributed by atoms with E-state index in [-0.39, 0.29) is 16.6 Å². The van der Waals surface area contributed by atoms with E-state index in [9.17, 15) is 15.0 Å². The van der Waals surface area contributed by atoms with Crippen LogP contribution in [-0.2, 0) is 10.8 Å². The number of phenolic OH excluding ortho intramolecular Hbond substituents is 1. The largest absolute Gasteiger partial charge is 0.507 e. The predicted molar refractivity (Wildman–Crippen MR) is 91.2 cm³/mol. The lowest BCUT2D eigenvalue weighted by molar-refractivity contribution is 0.201. The molecule has 0 atom stereocenters. The van der Waals surface area contributed by atoms with E-state index in [1.54, 1.807) is 12.1 Å². The Balaban J connectivity index is 3.63. The van der Waals surface area contributed by atoms with Crippen molar-refractivity contribution >= 4 is 11.8 Å². The van der Waals surface area contributed by atoms with Crippen LogP contribution in [0.25, 0.3) is 0 Å². The van der Waals surface area contributed by atoms with Crippen molar-refractivity contribution in [3.05, 3.63) is 23.3 Å². The second-order valence-corrected chi connectivity index (χ2v) is 7.82. The smallest absolute Gasteiger partial charge is 0.411 e. The Hall–Kier alpha value is -1.71. The van der Waals surface area contributed by atoms with Crippen molar-refractivity contribution in [3.8, 4) is 5.75 Å². The number of benzene rings is 1. The van der Waals surface area contributed by atoms with Crippen LogP contribution in [0.3, 0.4) is 0 Å². The Morgan fingerprint density at radius 1 is 1.05 bits per heavy atom. The summed E-state index contributed by atoms with van der Waals surface area (Å²) in [5.41, 5.74) is 1.64. The molecule has 0 radical (unpaired) electrons. The van der Waals surface area contributed by atoms with Crippen LogP contribution in [0, 0.1) is 0 Å². The molecule has 4 heteroatoms. The fourth-order valence-electron chi connectivity index (χ4n) is 2.48. The van der Waals surface area contributed by atoms with Crippen LogP contribution >= 0.6 is 0 Å². The summed E-state index contributed by atoms with van der Waals surface area (Å²) in [6, 6.07) is 3.60. The van der Waals surface area contributed by atoms with Gasteiger partial charge in [0, 0.05) is 23.4 Å². The summed E-state index contributed by atoms with van der Waals surface area (Å²) in [5.74, 6) is 0.269. The Morgan fingerprint density at radius 3 is 1.73 bits per heavy atom. The van der Waals surface area contributed by atoms with E-state index in [0.717, 1.165) is 17.5 Å². The van der Waals surface area contributed by atoms with Crippen LogP contribution < -0.4 is 4.90 Å². The SMILES string of the molecule is CCCN(C(=O)O)c1cc(C(C)(C)C)c(O)c(C(C)(C)C)c1. The highest BCUT2D eigenvalue weighted by molar-refractivity contribution is 5.86. The van der Waals surface area contributed by atoms with E-state index in [1.165, 1.54) is 4.90 Å². The maximum absolute atomic E-state index is 11.6. The van der Waals surface area contributed by atoms with Crippen molar-refractivity contribution in [2.45, 2.75) is 65.7 Å². The lowest BCUT2D eigenvalue weighted by Crippen LogP contribution is -2.31. The molecule has 2 N–H and O–H groups in total. The van der Waals surface area contributed by atoms with Crippen LogP contribution in [0.1, 0.15) is 66.0 Å². The standard InChI is InChI=1S/C18H29NO3/c1-8-9-19(16(21)22)12-10-13(17(2,3)4)15(20)14(11-12)18(5,6)7/h10-11,20H,8-9H2,1-7H3,(H,21,22). The van der Waals surface area contributed by atoms with Crippen LogP contribution in [0.15, 0.2) is 12.1 Å². The van der Waals surface area contributed by atoms with Gasteiger partial charge in [-0.05, 0) is 29.4 Å². The summed E-state index contributed by atoms with van der Waals surface area (Å²) in [6.45, 7) is 14.5. The van der Waals surface area contributed by atoms with E-state index in [0.29, 0.717) is 12.2 Å². The zero-order valence-corrected chi connectivity index (χ0v) is 14.8. The monoisotopic (exact) mass is 307 g/mol. The van der Waals surface area contributed by atoms with Gasteiger partial charge < -0.3 is 10.2 Å². The Morgan fingerprint density at radius 2 is 1.45 bits per heavy atom. The number of amides is 1. The van der Waals surface area contributed by atoms with Crippen molar-refractivity contribution in [1.82, 2.24) is 0 Å². The highest BCUT2D eigenvalue weighted by Crippen LogP contribution is 2.41. The first-order valence-electron chi connectivity index (χ1n) is 7.78. The van der Waals surface area contributed by atoms with Gasteiger partial charge in [-0.2, -0.15) is 0 Å². The molecule has 4 nitrogen and oxygen atoms in total. The average Bonchev–Trinajstić information content (AvgIpc) is 2.33. The summed E-state index contributed by atoms with van der Waals surface area (Å²) < 4.78 is 0. The molecule has 0 aliphatic carbocycles. The van der Waals surface area contributed by atoms with Crippen LogP contribution in [0.5, 0.6) is 5.75 Å². The highest BCUT2D eigenvalue weighted by Gasteiger charge is 2.28. The van der Waals surface area contributed by atoms with E-state index in [2.05, 4.69) is 0 Å². The lowest BCUT2D eigenvalue weighted by atomic mass is 9.79. The molecular weight excluding hydrogens is 278 g/mol. The second kappa shape index (κ2) is 6.19. The van der Waals surface area contributed by atoms with Gasteiger partial charge in [0.15, 0.2) is 0 Å². The molecule has 124 valence electrons. The van der Waals surface area contributed by atoms with Crippen molar-refractivity contribution in [1.29, 1.82) is 0 Å². The summed E-state index contributed by atoms with van der Waals surface area (Å²) in [6.07, 6.45) is -0.227. The first-order valence-corrected chi connectivity index (χ1v) is 7.78. The van der Waals surface area contributed by atoms with Gasteiger partial charge >= 0.3 is 6.09 Å². The average molecular weight is 307 g/mol. The number of aromatic hydroxyl groups is 1. The molecule has 0 aromatic heterocycles. The molecule has 0 aliphatic heterocycles. The highest BCUT2D eigenvalue weighted by atomic mass is 16.4. The number of hydrogen-bond donors (Lipinski definition) is 2. The van der Waals surface area contributed by atoms with Crippen LogP contribution in [0.2, 0.25) is 0 Å². The molecule has 0 spiro atoms. The lowest BCUT2D eigenvalue weighted by Gasteiger charge is -2.30. The van der Waals surface area contributed by atoms with Crippen LogP contribution in [-0.4, -0.2) is 22.9 Å². The van der Waals surface area contributed by atoms with Crippen molar-refractivity contribution in [2.75, 3.05) is 11.4 Å². The van der Waals surface area contributed by atoms with E-state index in [4.69, 9.17) is 0 Å². The number of carbonyl (C=O) groups is 1. The molecule has 0 saturated heterocycles. The summed E-state index contributed by atoms with van der Waals surface area (Å²) in [4.78, 5) is 12.9. The number of phenols is 1. The minimum absolute atomic E-state index is 0.267. The quantitative estimate of drug-likeness (QED) is 0.836. The van der Waals surface area contributed by atoms with Gasteiger partial charge in [-0.1, -0.05) is 48.5 Å². The number of hydrogen-bond acceptors (Lipinski definition) is 2. The van der Waals surface area contributed by atoms with Crippen molar-refractivity contribution in [3.63, 3.8) is 0 Å². The molecule has 0 heterocycles. The third kappa shape index (κ3) is 3.93. The van der Waals surface area contributed by atoms with Gasteiger partial charge in [-0.15, -0.1) is 0 Å². The fraction of sp³-hybridized carbons (Fsp3) is 0.611. The first kappa shape index (κ1) is 18.3. The topological polar surface area (TPSA) is 60.8 Å². The zero-order valence-electron chi connectivity index (χ0n) is 14.8.